The average Bonchev–Trinajstić information content (AvgIpc) is 3.18. The highest BCUT2D eigenvalue weighted by molar-refractivity contribution is 5.91. The van der Waals surface area contributed by atoms with Gasteiger partial charge in [-0.15, -0.1) is 0 Å². The number of rotatable bonds is 5. The molecule has 0 unspecified atom stereocenters. The standard InChI is InChI=1S/C19H23N3O4/c1-2-25-16-7-5-14(6-8-16)20-19(24)21-15-9-11-22(12-10-15)18(23)17-4-3-13-26-17/h3-8,13,15H,2,9-12H2,1H3,(H2,20,21,24). The number of urea groups is 1. The molecule has 1 aromatic carbocycles. The van der Waals surface area contributed by atoms with E-state index >= 15 is 0 Å². The van der Waals surface area contributed by atoms with E-state index in [1.807, 2.05) is 19.1 Å². The fourth-order valence-corrected chi connectivity index (χ4v) is 2.94. The van der Waals surface area contributed by atoms with Gasteiger partial charge in [0.2, 0.25) is 0 Å². The number of anilines is 1. The minimum Gasteiger partial charge on any atom is -0.494 e. The number of ether oxygens (including phenoxy) is 1. The molecule has 0 radical (unpaired) electrons. The van der Waals surface area contributed by atoms with Crippen LogP contribution in [0.3, 0.4) is 0 Å². The molecule has 1 aliphatic rings. The lowest BCUT2D eigenvalue weighted by Gasteiger charge is -2.31. The number of furan rings is 1. The number of amides is 3. The fourth-order valence-electron chi connectivity index (χ4n) is 2.94. The fraction of sp³-hybridized carbons (Fsp3) is 0.368. The van der Waals surface area contributed by atoms with Crippen molar-refractivity contribution in [3.8, 4) is 5.75 Å². The first-order valence-electron chi connectivity index (χ1n) is 8.79. The monoisotopic (exact) mass is 357 g/mol. The lowest BCUT2D eigenvalue weighted by Crippen LogP contribution is -2.47. The van der Waals surface area contributed by atoms with Gasteiger partial charge in [-0.25, -0.2) is 4.79 Å². The summed E-state index contributed by atoms with van der Waals surface area (Å²) >= 11 is 0. The van der Waals surface area contributed by atoms with Gasteiger partial charge in [0.1, 0.15) is 5.75 Å². The molecule has 7 nitrogen and oxygen atoms in total. The summed E-state index contributed by atoms with van der Waals surface area (Å²) in [5.41, 5.74) is 0.705. The van der Waals surface area contributed by atoms with Crippen LogP contribution in [0.4, 0.5) is 10.5 Å². The van der Waals surface area contributed by atoms with Gasteiger partial charge in [-0.1, -0.05) is 0 Å². The van der Waals surface area contributed by atoms with E-state index < -0.39 is 0 Å². The second-order valence-electron chi connectivity index (χ2n) is 6.10. The molecular weight excluding hydrogens is 334 g/mol. The van der Waals surface area contributed by atoms with Crippen LogP contribution in [0.15, 0.2) is 47.1 Å². The van der Waals surface area contributed by atoms with Crippen LogP contribution >= 0.6 is 0 Å². The first kappa shape index (κ1) is 17.8. The largest absolute Gasteiger partial charge is 0.494 e. The second kappa shape index (κ2) is 8.42. The van der Waals surface area contributed by atoms with Crippen LogP contribution in [0, 0.1) is 0 Å². The van der Waals surface area contributed by atoms with E-state index in [9.17, 15) is 9.59 Å². The molecule has 1 saturated heterocycles. The molecule has 1 aliphatic heterocycles. The van der Waals surface area contributed by atoms with Gasteiger partial charge in [-0.05, 0) is 56.2 Å². The van der Waals surface area contributed by atoms with Gasteiger partial charge in [0, 0.05) is 24.8 Å². The van der Waals surface area contributed by atoms with Gasteiger partial charge in [0.15, 0.2) is 5.76 Å². The Bertz CT molecular complexity index is 720. The smallest absolute Gasteiger partial charge is 0.319 e. The number of piperidine rings is 1. The molecule has 2 aromatic rings. The molecule has 3 rings (SSSR count). The number of likely N-dealkylation sites (tertiary alicyclic amines) is 1. The number of hydrogen-bond donors (Lipinski definition) is 2. The maximum Gasteiger partial charge on any atom is 0.319 e. The van der Waals surface area contributed by atoms with Crippen LogP contribution in [0.5, 0.6) is 5.75 Å². The van der Waals surface area contributed by atoms with Crippen molar-refractivity contribution in [2.24, 2.45) is 0 Å². The highest BCUT2D eigenvalue weighted by Gasteiger charge is 2.25. The molecule has 2 N–H and O–H groups in total. The van der Waals surface area contributed by atoms with Gasteiger partial charge in [-0.3, -0.25) is 4.79 Å². The first-order valence-corrected chi connectivity index (χ1v) is 8.79. The second-order valence-corrected chi connectivity index (χ2v) is 6.10. The Kier molecular flexibility index (Phi) is 5.78. The molecule has 0 saturated carbocycles. The quantitative estimate of drug-likeness (QED) is 0.861. The zero-order valence-corrected chi connectivity index (χ0v) is 14.7. The van der Waals surface area contributed by atoms with Gasteiger partial charge in [-0.2, -0.15) is 0 Å². The molecule has 0 atom stereocenters. The van der Waals surface area contributed by atoms with Gasteiger partial charge in [0.25, 0.3) is 5.91 Å². The predicted molar refractivity (Wildman–Crippen MR) is 97.4 cm³/mol. The maximum atomic E-state index is 12.2. The van der Waals surface area contributed by atoms with Crippen molar-refractivity contribution in [3.05, 3.63) is 48.4 Å². The third kappa shape index (κ3) is 4.56. The van der Waals surface area contributed by atoms with Crippen molar-refractivity contribution >= 4 is 17.6 Å². The molecule has 0 aliphatic carbocycles. The van der Waals surface area contributed by atoms with E-state index in [1.54, 1.807) is 29.2 Å². The Morgan fingerprint density at radius 2 is 1.92 bits per heavy atom. The third-order valence-corrected chi connectivity index (χ3v) is 4.27. The summed E-state index contributed by atoms with van der Waals surface area (Å²) in [6, 6.07) is 10.4. The summed E-state index contributed by atoms with van der Waals surface area (Å²) in [5, 5.41) is 5.77. The Hall–Kier alpha value is -2.96. The highest BCUT2D eigenvalue weighted by Crippen LogP contribution is 2.17. The van der Waals surface area contributed by atoms with Crippen LogP contribution in [-0.2, 0) is 0 Å². The molecule has 3 amide bonds. The van der Waals surface area contributed by atoms with Crippen LogP contribution in [0.2, 0.25) is 0 Å². The normalized spacial score (nSPS) is 14.7. The van der Waals surface area contributed by atoms with Crippen LogP contribution in [-0.4, -0.2) is 42.6 Å². The minimum absolute atomic E-state index is 0.0401. The summed E-state index contributed by atoms with van der Waals surface area (Å²) < 4.78 is 10.5. The van der Waals surface area contributed by atoms with E-state index in [1.165, 1.54) is 6.26 Å². The van der Waals surface area contributed by atoms with Crippen LogP contribution in [0.1, 0.15) is 30.3 Å². The Morgan fingerprint density at radius 3 is 2.54 bits per heavy atom. The highest BCUT2D eigenvalue weighted by atomic mass is 16.5. The average molecular weight is 357 g/mol. The third-order valence-electron chi connectivity index (χ3n) is 4.27. The van der Waals surface area contributed by atoms with Gasteiger partial charge in [0.05, 0.1) is 12.9 Å². The Balaban J connectivity index is 1.44. The molecule has 1 aromatic heterocycles. The lowest BCUT2D eigenvalue weighted by atomic mass is 10.0. The number of benzene rings is 1. The van der Waals surface area contributed by atoms with Crippen molar-refractivity contribution in [2.45, 2.75) is 25.8 Å². The Labute approximate surface area is 152 Å². The van der Waals surface area contributed by atoms with Gasteiger partial charge < -0.3 is 24.7 Å². The number of nitrogens with one attached hydrogen (secondary N) is 2. The van der Waals surface area contributed by atoms with E-state index in [0.29, 0.717) is 44.0 Å². The van der Waals surface area contributed by atoms with Crippen molar-refractivity contribution in [3.63, 3.8) is 0 Å². The van der Waals surface area contributed by atoms with Crippen molar-refractivity contribution in [2.75, 3.05) is 25.0 Å². The summed E-state index contributed by atoms with van der Waals surface area (Å²) in [6.45, 7) is 3.71. The topological polar surface area (TPSA) is 83.8 Å². The summed E-state index contributed by atoms with van der Waals surface area (Å²) in [7, 11) is 0. The summed E-state index contributed by atoms with van der Waals surface area (Å²) in [5.74, 6) is 1.02. The predicted octanol–water partition coefficient (Wildman–Crippen LogP) is 3.10. The molecule has 7 heteroatoms. The molecule has 26 heavy (non-hydrogen) atoms. The van der Waals surface area contributed by atoms with Crippen molar-refractivity contribution in [1.29, 1.82) is 0 Å². The molecule has 0 bridgehead atoms. The summed E-state index contributed by atoms with van der Waals surface area (Å²) in [6.07, 6.45) is 2.92. The molecule has 0 spiro atoms. The number of carbonyl (C=O) groups excluding carboxylic acids is 2. The zero-order chi connectivity index (χ0) is 18.4. The lowest BCUT2D eigenvalue weighted by molar-refractivity contribution is 0.0676. The molecule has 1 fully saturated rings. The van der Waals surface area contributed by atoms with E-state index in [4.69, 9.17) is 9.15 Å². The molecule has 138 valence electrons. The SMILES string of the molecule is CCOc1ccc(NC(=O)NC2CCN(C(=O)c3ccco3)CC2)cc1. The molecule has 2 heterocycles. The van der Waals surface area contributed by atoms with E-state index in [2.05, 4.69) is 10.6 Å². The summed E-state index contributed by atoms with van der Waals surface area (Å²) in [4.78, 5) is 26.1. The van der Waals surface area contributed by atoms with Crippen molar-refractivity contribution < 1.29 is 18.7 Å². The number of nitrogens with zero attached hydrogens (tertiary/aromatic N) is 1. The first-order chi connectivity index (χ1) is 12.7. The zero-order valence-electron chi connectivity index (χ0n) is 14.7. The minimum atomic E-state index is -0.245. The van der Waals surface area contributed by atoms with E-state index in [0.717, 1.165) is 5.75 Å². The molecular formula is C19H23N3O4. The van der Waals surface area contributed by atoms with Crippen molar-refractivity contribution in [1.82, 2.24) is 10.2 Å². The van der Waals surface area contributed by atoms with Gasteiger partial charge >= 0.3 is 6.03 Å². The number of hydrogen-bond acceptors (Lipinski definition) is 4. The van der Waals surface area contributed by atoms with Crippen LogP contribution in [0.25, 0.3) is 0 Å². The van der Waals surface area contributed by atoms with E-state index in [-0.39, 0.29) is 18.0 Å². The van der Waals surface area contributed by atoms with Crippen LogP contribution < -0.4 is 15.4 Å². The Morgan fingerprint density at radius 1 is 1.19 bits per heavy atom. The number of carbonyl (C=O) groups is 2. The maximum absolute atomic E-state index is 12.2.